The van der Waals surface area contributed by atoms with Gasteiger partial charge in [0.2, 0.25) is 0 Å². The van der Waals surface area contributed by atoms with Crippen molar-refractivity contribution < 1.29 is 18.0 Å². The Hall–Kier alpha value is -1.47. The maximum atomic E-state index is 12.5. The highest BCUT2D eigenvalue weighted by molar-refractivity contribution is 6.31. The van der Waals surface area contributed by atoms with Gasteiger partial charge in [0.15, 0.2) is 0 Å². The van der Waals surface area contributed by atoms with Gasteiger partial charge in [-0.2, -0.15) is 13.2 Å². The molecule has 4 aliphatic rings. The molecule has 4 atom stereocenters. The molecule has 2 fully saturated rings. The van der Waals surface area contributed by atoms with Gasteiger partial charge in [-0.05, 0) is 71.2 Å². The van der Waals surface area contributed by atoms with Crippen molar-refractivity contribution in [3.8, 4) is 0 Å². The fraction of sp³-hybridized carbons (Fsp3) is 0.458. The topological polar surface area (TPSA) is 32.3 Å². The Bertz CT molecular complexity index is 1060. The second-order valence-electron chi connectivity index (χ2n) is 9.17. The molecule has 2 heterocycles. The Kier molecular flexibility index (Phi) is 6.94. The van der Waals surface area contributed by atoms with Crippen LogP contribution in [0.4, 0.5) is 13.2 Å². The van der Waals surface area contributed by atoms with Crippen LogP contribution >= 0.6 is 35.6 Å². The van der Waals surface area contributed by atoms with Crippen LogP contribution in [-0.2, 0) is 4.79 Å². The fourth-order valence-electron chi connectivity index (χ4n) is 5.85. The lowest BCUT2D eigenvalue weighted by atomic mass is 9.96. The largest absolute Gasteiger partial charge is 0.471 e. The molecule has 1 amide bonds. The summed E-state index contributed by atoms with van der Waals surface area (Å²) in [6.45, 7) is 2.54. The number of amides is 1. The second-order valence-corrected chi connectivity index (χ2v) is 10.0. The predicted octanol–water partition coefficient (Wildman–Crippen LogP) is 6.25. The summed E-state index contributed by atoms with van der Waals surface area (Å²) in [6, 6.07) is 11.8. The van der Waals surface area contributed by atoms with Gasteiger partial charge >= 0.3 is 12.1 Å². The van der Waals surface area contributed by atoms with E-state index < -0.39 is 12.1 Å². The summed E-state index contributed by atoms with van der Waals surface area (Å²) in [4.78, 5) is 12.3. The van der Waals surface area contributed by atoms with Crippen LogP contribution in [0.25, 0.3) is 0 Å². The highest BCUT2D eigenvalue weighted by atomic mass is 35.5. The van der Waals surface area contributed by atoms with Gasteiger partial charge in [-0.1, -0.05) is 35.3 Å². The summed E-state index contributed by atoms with van der Waals surface area (Å²) in [7, 11) is 0. The number of hydrogen-bond acceptors (Lipinski definition) is 2. The minimum Gasteiger partial charge on any atom is -0.334 e. The standard InChI is InChI=1S/C13H11ClF3NO.C11H12ClN.ClH/c14-9-1-2-10-7-3-8(11(10)4-9)6-18(5-7)12(19)13(15,16)17;12-9-1-2-10-7-3-8(6-13-5-7)11(10)4-9;/h1-2,4,7-8H,3,5-6H2;1-2,4,7-8,13H,3,5-6H2;1H. The summed E-state index contributed by atoms with van der Waals surface area (Å²) in [5.41, 5.74) is 5.05. The van der Waals surface area contributed by atoms with Crippen molar-refractivity contribution in [3.05, 3.63) is 68.7 Å². The van der Waals surface area contributed by atoms with Crippen molar-refractivity contribution in [2.24, 2.45) is 0 Å². The third-order valence-electron chi connectivity index (χ3n) is 7.19. The van der Waals surface area contributed by atoms with Gasteiger partial charge in [0.25, 0.3) is 0 Å². The lowest BCUT2D eigenvalue weighted by Crippen LogP contribution is -2.46. The number of fused-ring (bicyclic) bond motifs is 10. The van der Waals surface area contributed by atoms with Crippen LogP contribution in [0.5, 0.6) is 0 Å². The molecule has 1 N–H and O–H groups in total. The SMILES string of the molecule is Cl.Clc1ccc2c(c1)C1CNCC2C1.O=C(N1CC2CC(C1)c1cc(Cl)ccc12)C(F)(F)F. The average molecular weight is 520 g/mol. The van der Waals surface area contributed by atoms with Crippen LogP contribution in [0.15, 0.2) is 36.4 Å². The summed E-state index contributed by atoms with van der Waals surface area (Å²) in [5.74, 6) is -0.310. The zero-order valence-electron chi connectivity index (χ0n) is 17.7. The van der Waals surface area contributed by atoms with E-state index in [1.165, 1.54) is 17.5 Å². The Morgan fingerprint density at radius 3 is 1.85 bits per heavy atom. The molecule has 2 aromatic carbocycles. The molecule has 9 heteroatoms. The van der Waals surface area contributed by atoms with Crippen molar-refractivity contribution in [1.82, 2.24) is 10.2 Å². The van der Waals surface area contributed by atoms with Crippen LogP contribution in [0, 0.1) is 0 Å². The highest BCUT2D eigenvalue weighted by Gasteiger charge is 2.47. The Balaban J connectivity index is 0.000000162. The van der Waals surface area contributed by atoms with Crippen molar-refractivity contribution in [1.29, 1.82) is 0 Å². The minimum absolute atomic E-state index is 0. The monoisotopic (exact) mass is 518 g/mol. The first-order valence-corrected chi connectivity index (χ1v) is 11.6. The van der Waals surface area contributed by atoms with E-state index in [9.17, 15) is 18.0 Å². The summed E-state index contributed by atoms with van der Waals surface area (Å²) < 4.78 is 37.5. The quantitative estimate of drug-likeness (QED) is 0.446. The summed E-state index contributed by atoms with van der Waals surface area (Å²) >= 11 is 11.9. The number of rotatable bonds is 0. The van der Waals surface area contributed by atoms with Gasteiger partial charge in [-0.15, -0.1) is 12.4 Å². The van der Waals surface area contributed by atoms with Gasteiger partial charge in [0, 0.05) is 48.1 Å². The van der Waals surface area contributed by atoms with E-state index in [0.717, 1.165) is 46.5 Å². The lowest BCUT2D eigenvalue weighted by Gasteiger charge is -2.32. The number of carbonyl (C=O) groups excluding carboxylic acids is 1. The van der Waals surface area contributed by atoms with E-state index in [2.05, 4.69) is 17.4 Å². The van der Waals surface area contributed by atoms with E-state index in [0.29, 0.717) is 10.9 Å². The number of nitrogens with one attached hydrogen (secondary N) is 1. The highest BCUT2D eigenvalue weighted by Crippen LogP contribution is 2.47. The summed E-state index contributed by atoms with van der Waals surface area (Å²) in [6.07, 6.45) is -2.67. The molecule has 3 nitrogen and oxygen atoms in total. The first kappa shape index (κ1) is 24.6. The number of alkyl halides is 3. The summed E-state index contributed by atoms with van der Waals surface area (Å²) in [5, 5.41) is 4.93. The maximum Gasteiger partial charge on any atom is 0.471 e. The van der Waals surface area contributed by atoms with Crippen molar-refractivity contribution in [2.75, 3.05) is 26.2 Å². The lowest BCUT2D eigenvalue weighted by molar-refractivity contribution is -0.186. The van der Waals surface area contributed by atoms with Gasteiger partial charge in [-0.3, -0.25) is 4.79 Å². The third-order valence-corrected chi connectivity index (χ3v) is 7.66. The average Bonchev–Trinajstić information content (AvgIpc) is 3.15. The Labute approximate surface area is 207 Å². The molecule has 4 unspecified atom stereocenters. The van der Waals surface area contributed by atoms with Crippen LogP contribution in [0.1, 0.15) is 58.8 Å². The van der Waals surface area contributed by atoms with Crippen molar-refractivity contribution in [3.63, 3.8) is 0 Å². The van der Waals surface area contributed by atoms with Crippen molar-refractivity contribution >= 4 is 41.5 Å². The molecule has 2 aromatic rings. The van der Waals surface area contributed by atoms with E-state index in [4.69, 9.17) is 23.2 Å². The molecule has 0 radical (unpaired) electrons. The molecule has 2 saturated heterocycles. The van der Waals surface area contributed by atoms with Gasteiger partial charge in [0.05, 0.1) is 0 Å². The predicted molar refractivity (Wildman–Crippen MR) is 126 cm³/mol. The molecule has 33 heavy (non-hydrogen) atoms. The molecule has 0 aromatic heterocycles. The smallest absolute Gasteiger partial charge is 0.334 e. The van der Waals surface area contributed by atoms with E-state index in [-0.39, 0.29) is 37.3 Å². The molecule has 2 aliphatic heterocycles. The van der Waals surface area contributed by atoms with Gasteiger partial charge in [-0.25, -0.2) is 0 Å². The number of likely N-dealkylation sites (tertiary alicyclic amines) is 1. The normalized spacial score (nSPS) is 26.5. The third kappa shape index (κ3) is 4.72. The first-order chi connectivity index (χ1) is 15.2. The molecule has 178 valence electrons. The zero-order chi connectivity index (χ0) is 22.6. The zero-order valence-corrected chi connectivity index (χ0v) is 20.0. The molecule has 2 aliphatic carbocycles. The number of piperidine rings is 2. The number of nitrogens with zero attached hydrogens (tertiary/aromatic N) is 1. The Morgan fingerprint density at radius 1 is 0.818 bits per heavy atom. The molecular weight excluding hydrogens is 496 g/mol. The van der Waals surface area contributed by atoms with Gasteiger partial charge in [0.1, 0.15) is 0 Å². The van der Waals surface area contributed by atoms with Crippen molar-refractivity contribution in [2.45, 2.75) is 42.7 Å². The van der Waals surface area contributed by atoms with E-state index in [1.807, 2.05) is 18.2 Å². The second kappa shape index (κ2) is 9.29. The van der Waals surface area contributed by atoms with Crippen LogP contribution in [0.2, 0.25) is 10.0 Å². The van der Waals surface area contributed by atoms with E-state index in [1.54, 1.807) is 6.07 Å². The minimum atomic E-state index is -4.79. The van der Waals surface area contributed by atoms with Crippen LogP contribution in [-0.4, -0.2) is 43.2 Å². The van der Waals surface area contributed by atoms with E-state index >= 15 is 0 Å². The maximum absolute atomic E-state index is 12.5. The van der Waals surface area contributed by atoms with Crippen LogP contribution < -0.4 is 5.32 Å². The number of hydrogen-bond donors (Lipinski definition) is 1. The molecule has 0 saturated carbocycles. The van der Waals surface area contributed by atoms with Crippen LogP contribution in [0.3, 0.4) is 0 Å². The van der Waals surface area contributed by atoms with Gasteiger partial charge < -0.3 is 10.2 Å². The molecule has 4 bridgehead atoms. The number of benzene rings is 2. The first-order valence-electron chi connectivity index (χ1n) is 10.9. The Morgan fingerprint density at radius 2 is 1.27 bits per heavy atom. The number of halogens is 6. The molecule has 0 spiro atoms. The fourth-order valence-corrected chi connectivity index (χ4v) is 6.21. The number of carbonyl (C=O) groups is 1. The molecule has 6 rings (SSSR count). The molecular formula is C24H24Cl3F3N2O.